The molecular formula is C85H141Cl5N20O20S2Si4. The van der Waals surface area contributed by atoms with E-state index >= 15 is 0 Å². The third-order valence-corrected chi connectivity index (χ3v) is 48.0. The van der Waals surface area contributed by atoms with Crippen LogP contribution in [0.15, 0.2) is 50.6 Å². The van der Waals surface area contributed by atoms with Gasteiger partial charge in [0.2, 0.25) is 9.23 Å². The molecule has 8 aromatic rings. The van der Waals surface area contributed by atoms with Crippen LogP contribution in [0.5, 0.6) is 0 Å². The summed E-state index contributed by atoms with van der Waals surface area (Å²) in [7, 11) is 0.0557. The number of fused-ring (bicyclic) bond motifs is 4. The maximum atomic E-state index is 11.8. The average Bonchev–Trinajstić information content (AvgIpc) is 1.64. The van der Waals surface area contributed by atoms with Gasteiger partial charge in [0, 0.05) is 33.7 Å². The highest BCUT2D eigenvalue weighted by Gasteiger charge is 2.52. The van der Waals surface area contributed by atoms with E-state index in [1.54, 1.807) is 26.4 Å². The number of rotatable bonds is 24. The number of aromatic nitrogens is 16. The topological polar surface area (TPSA) is 536 Å². The van der Waals surface area contributed by atoms with E-state index in [0.717, 1.165) is 70.6 Å². The van der Waals surface area contributed by atoms with Gasteiger partial charge in [-0.2, -0.15) is 0 Å². The van der Waals surface area contributed by atoms with Gasteiger partial charge in [-0.25, -0.2) is 68.2 Å². The van der Waals surface area contributed by atoms with Crippen LogP contribution in [0.4, 0.5) is 17.5 Å². The first kappa shape index (κ1) is 112. The van der Waals surface area contributed by atoms with Crippen LogP contribution in [0.1, 0.15) is 185 Å². The van der Waals surface area contributed by atoms with Crippen molar-refractivity contribution in [1.29, 1.82) is 0 Å². The highest BCUT2D eigenvalue weighted by Crippen LogP contribution is 2.47. The Morgan fingerprint density at radius 3 is 0.971 bits per heavy atom. The number of aliphatic hydroxyl groups is 9. The van der Waals surface area contributed by atoms with Gasteiger partial charge >= 0.3 is 0 Å². The van der Waals surface area contributed by atoms with Crippen LogP contribution in [0.25, 0.3) is 44.7 Å². The van der Waals surface area contributed by atoms with Gasteiger partial charge in [0.15, 0.2) is 131 Å². The molecule has 0 aromatic carbocycles. The van der Waals surface area contributed by atoms with Crippen molar-refractivity contribution in [2.24, 2.45) is 5.73 Å². The summed E-state index contributed by atoms with van der Waals surface area (Å²) in [5.41, 5.74) is 10.0. The predicted octanol–water partition coefficient (Wildman–Crippen LogP) is 11.2. The average molecular weight is 2120 g/mol. The van der Waals surface area contributed by atoms with Crippen LogP contribution < -0.4 is 21.7 Å². The molecule has 25 atom stereocenters. The second-order valence-corrected chi connectivity index (χ2v) is 65.5. The van der Waals surface area contributed by atoms with Gasteiger partial charge in [-0.05, 0) is 150 Å². The Morgan fingerprint density at radius 2 is 0.676 bits per heavy atom. The molecule has 4 saturated carbocycles. The lowest BCUT2D eigenvalue weighted by atomic mass is 10.1. The minimum Gasteiger partial charge on any atom is -0.412 e. The first-order valence-corrected chi connectivity index (χ1v) is 63.5. The Bertz CT molecular complexity index is 5120. The van der Waals surface area contributed by atoms with Crippen molar-refractivity contribution in [2.75, 3.05) is 47.2 Å². The number of aliphatic hydroxyl groups excluding tert-OH is 9. The fourth-order valence-electron chi connectivity index (χ4n) is 16.6. The smallest absolute Gasteiger partial charge is 0.211 e. The number of alkyl halides is 2. The zero-order chi connectivity index (χ0) is 100. The quantitative estimate of drug-likeness (QED) is 0.0116. The molecule has 136 heavy (non-hydrogen) atoms. The molecule has 0 spiro atoms. The minimum atomic E-state index is -1.92. The molecule has 764 valence electrons. The van der Waals surface area contributed by atoms with Crippen LogP contribution in [0.3, 0.4) is 0 Å². The Kier molecular flexibility index (Phi) is 38.0. The summed E-state index contributed by atoms with van der Waals surface area (Å²) in [6.07, 6.45) is 11.3. The van der Waals surface area contributed by atoms with Gasteiger partial charge in [0.25, 0.3) is 0 Å². The van der Waals surface area contributed by atoms with Crippen molar-refractivity contribution >= 4 is 172 Å². The zero-order valence-corrected chi connectivity index (χ0v) is 90.7. The van der Waals surface area contributed by atoms with Crippen LogP contribution in [-0.4, -0.2) is 319 Å². The van der Waals surface area contributed by atoms with Crippen molar-refractivity contribution < 1.29 is 95.2 Å². The Morgan fingerprint density at radius 1 is 0.404 bits per heavy atom. The van der Waals surface area contributed by atoms with E-state index in [-0.39, 0.29) is 81.1 Å². The number of imidazole rings is 4. The number of nitrogens with two attached hydrogens (primary N) is 1. The lowest BCUT2D eigenvalue weighted by Gasteiger charge is -2.40. The third kappa shape index (κ3) is 25.9. The van der Waals surface area contributed by atoms with E-state index in [1.807, 2.05) is 0 Å². The number of anilines is 3. The molecule has 4 aliphatic carbocycles. The van der Waals surface area contributed by atoms with Crippen LogP contribution in [0.2, 0.25) is 77.7 Å². The molecule has 0 amide bonds. The fraction of sp³-hybridized carbons (Fsp3) is 0.765. The number of ether oxygens (including phenoxy) is 4. The molecule has 40 nitrogen and oxygen atoms in total. The van der Waals surface area contributed by atoms with E-state index in [9.17, 15) is 45.1 Å². The highest BCUT2D eigenvalue weighted by atomic mass is 36.0. The van der Waals surface area contributed by atoms with E-state index in [2.05, 4.69) is 233 Å². The summed E-state index contributed by atoms with van der Waals surface area (Å²) < 4.78 is 81.9. The van der Waals surface area contributed by atoms with Crippen molar-refractivity contribution in [1.82, 2.24) is 78.1 Å². The molecule has 0 radical (unpaired) electrons. The van der Waals surface area contributed by atoms with Gasteiger partial charge in [-0.3, -0.25) is 22.5 Å². The standard InChI is InChI=1S/C22H36ClN5O5SSi.C21H34ClN5O4Si.C21H35N5O5Si.C11H25NOSi.C10H11ClN4O4.Cl2OS/c1-22(2,3)35(5,6)33-14-9-7-8-13(14)27-19-16-20(25-11-24-19)28(12-26-16)21-18(32-34(4)30)17(29)15(10-23)31-21;1-21(2,3)32(4,5)31-13-8-6-7-12(13)26-18-15-19(24-10-23-18)27(11-25-15)20-17(29)16(28)14(9-22)30-20;1-21(2,3)32(4,5)31-13-8-6-7-12(13)25-18-15-19(23-10-22-18)26(11-24-15)20-17(29)16(28)14(9-27)30-20;1-11(2,3)14(4,5)13-10-8-6-7-9(10)12;11-8-5-9(13-2-12-8)15(3-14-5)10-7(18)6(17)4(1-16)19-10;1-4(2)3/h11-15,17-18,21,29H,7-10H2,1-6H3,(H,24,25,27);10-14,16-17,20,28-29H,6-9H2,1-5H3,(H,23,24,26);10-14,16-17,20,27-29H,6-9H2,1-5H3,(H,22,23,25);9-10H,6-8,12H2,1-5H3;2-4,6-7,10,16-18H,1H2;/t13?,14?,15-,17-,18-,21-,34?;2*12?,13?,14-,16-,17-,20-;;4-,6-,7-,10-;/m111.1./s1. The van der Waals surface area contributed by atoms with Gasteiger partial charge < -0.3 is 104 Å². The molecule has 16 rings (SSSR count). The summed E-state index contributed by atoms with van der Waals surface area (Å²) in [5, 5.41) is 101. The number of hydrogen-bond donors (Lipinski definition) is 13. The van der Waals surface area contributed by atoms with E-state index in [4.69, 9.17) is 90.7 Å². The number of nitrogens with zero attached hydrogens (tertiary/aromatic N) is 16. The first-order chi connectivity index (χ1) is 63.6. The van der Waals surface area contributed by atoms with Crippen LogP contribution in [0, 0.1) is 0 Å². The normalized spacial score (nSPS) is 30.4. The highest BCUT2D eigenvalue weighted by molar-refractivity contribution is 8.26. The maximum Gasteiger partial charge on any atom is 0.211 e. The van der Waals surface area contributed by atoms with Crippen molar-refractivity contribution in [3.8, 4) is 0 Å². The summed E-state index contributed by atoms with van der Waals surface area (Å²) in [6, 6.07) is 0.671. The molecule has 0 bridgehead atoms. The summed E-state index contributed by atoms with van der Waals surface area (Å²) in [4.78, 5) is 51.8. The number of hydrogen-bond acceptors (Lipinski definition) is 36. The molecule has 9 unspecified atom stereocenters. The molecular weight excluding hydrogens is 1970 g/mol. The van der Waals surface area contributed by atoms with E-state index in [1.165, 1.54) is 55.2 Å². The lowest BCUT2D eigenvalue weighted by molar-refractivity contribution is -0.0511. The van der Waals surface area contributed by atoms with E-state index in [0.29, 0.717) is 73.3 Å². The van der Waals surface area contributed by atoms with Gasteiger partial charge in [-0.1, -0.05) is 94.7 Å². The maximum absolute atomic E-state index is 11.8. The van der Waals surface area contributed by atoms with Crippen molar-refractivity contribution in [3.63, 3.8) is 0 Å². The Hall–Kier alpha value is -4.54. The van der Waals surface area contributed by atoms with Gasteiger partial charge in [-0.15, -0.1) is 23.2 Å². The lowest BCUT2D eigenvalue weighted by Crippen LogP contribution is -2.47. The molecule has 8 aliphatic rings. The molecule has 4 saturated heterocycles. The Labute approximate surface area is 827 Å². The molecule has 8 aromatic heterocycles. The second-order valence-electron chi connectivity index (χ2n) is 41.9. The number of halogens is 5. The molecule has 12 heterocycles. The van der Waals surface area contributed by atoms with Crippen molar-refractivity contribution in [2.45, 2.75) is 379 Å². The zero-order valence-electron chi connectivity index (χ0n) is 81.2. The molecule has 51 heteroatoms. The SMILES string of the molecule is CC(C)(C)[Si](C)(C)OC1CCCC1N.CC(C)(C)[Si](C)(C)OC1CCCC1Nc1ncnc2c1ncn2[C@@H]1O[C@H](CCl)[C@@H](O)[C@H]1O.CC(C)(C)[Si](C)(C)OC1CCCC1Nc1ncnc2c1ncn2[C@@H]1O[C@H](CO)[C@@H](O)[C@H]1O.CS(=O)O[C@@H]1[C@H](O)[C@@H](CCl)O[C@H]1n1cnc2c(NC3CCCC3O[Si](C)(C)C(C)(C)C)ncnc21.O=S(Cl)Cl.OC[C@H]1O[C@@H](n2cnc3c(Cl)ncnc32)[C@H](O)[C@@H]1O. The number of nitrogens with one attached hydrogen (secondary N) is 3. The van der Waals surface area contributed by atoms with E-state index < -0.39 is 158 Å². The molecule has 4 aliphatic heterocycles. The Balaban J connectivity index is 0.000000166. The fourth-order valence-corrected chi connectivity index (χ4v) is 23.4. The van der Waals surface area contributed by atoms with Gasteiger partial charge in [0.05, 0.1) is 92.8 Å². The summed E-state index contributed by atoms with van der Waals surface area (Å²) >= 11 is 16.1. The monoisotopic (exact) mass is 2110 g/mol. The molecule has 8 fully saturated rings. The molecule has 14 N–H and O–H groups in total. The minimum absolute atomic E-state index is 0.0690. The van der Waals surface area contributed by atoms with Crippen molar-refractivity contribution in [3.05, 3.63) is 55.8 Å². The van der Waals surface area contributed by atoms with Crippen LogP contribution >= 0.6 is 56.2 Å². The summed E-state index contributed by atoms with van der Waals surface area (Å²) in [6.45, 7) is 44.6. The third-order valence-electron chi connectivity index (χ3n) is 28.6. The largest absolute Gasteiger partial charge is 0.412 e. The predicted molar refractivity (Wildman–Crippen MR) is 532 cm³/mol. The first-order valence-electron chi connectivity index (χ1n) is 46.2. The second kappa shape index (κ2) is 46.2. The summed E-state index contributed by atoms with van der Waals surface area (Å²) in [5.74, 6) is 2.01. The van der Waals surface area contributed by atoms with Gasteiger partial charge in [0.1, 0.15) is 104 Å². The van der Waals surface area contributed by atoms with Crippen LogP contribution in [-0.2, 0) is 61.1 Å².